The van der Waals surface area contributed by atoms with E-state index in [0.717, 1.165) is 6.07 Å². The molecule has 0 unspecified atom stereocenters. The van der Waals surface area contributed by atoms with Gasteiger partial charge >= 0.3 is 0 Å². The summed E-state index contributed by atoms with van der Waals surface area (Å²) in [6, 6.07) is 3.78. The number of nitrogens with one attached hydrogen (secondary N) is 2. The highest BCUT2D eigenvalue weighted by Gasteiger charge is 2.18. The predicted octanol–water partition coefficient (Wildman–Crippen LogP) is 1.79. The van der Waals surface area contributed by atoms with E-state index in [4.69, 9.17) is 0 Å². The van der Waals surface area contributed by atoms with E-state index in [9.17, 15) is 12.8 Å². The maximum atomic E-state index is 13.5. The molecule has 0 spiro atoms. The van der Waals surface area contributed by atoms with E-state index in [-0.39, 0.29) is 11.4 Å². The van der Waals surface area contributed by atoms with Gasteiger partial charge in [0.15, 0.2) is 0 Å². The average Bonchev–Trinajstić information content (AvgIpc) is 2.78. The van der Waals surface area contributed by atoms with E-state index in [2.05, 4.69) is 30.8 Å². The van der Waals surface area contributed by atoms with Crippen molar-refractivity contribution in [2.45, 2.75) is 11.4 Å². The van der Waals surface area contributed by atoms with Crippen LogP contribution < -0.4 is 4.72 Å². The molecule has 2 aromatic rings. The quantitative estimate of drug-likeness (QED) is 0.895. The highest BCUT2D eigenvalue weighted by Crippen LogP contribution is 2.19. The molecule has 0 bridgehead atoms. The zero-order valence-electron chi connectivity index (χ0n) is 9.02. The first-order chi connectivity index (χ1) is 8.49. The van der Waals surface area contributed by atoms with Crippen LogP contribution in [0.5, 0.6) is 0 Å². The number of aromatic nitrogens is 2. The second-order valence-corrected chi connectivity index (χ2v) is 6.16. The third kappa shape index (κ3) is 2.95. The molecule has 5 nitrogen and oxygen atoms in total. The van der Waals surface area contributed by atoms with Gasteiger partial charge < -0.3 is 0 Å². The number of H-pyrrole nitrogens is 1. The van der Waals surface area contributed by atoms with Gasteiger partial charge in [0, 0.05) is 22.8 Å². The minimum absolute atomic E-state index is 0.0499. The summed E-state index contributed by atoms with van der Waals surface area (Å²) in [5.74, 6) is -0.802. The lowest BCUT2D eigenvalue weighted by Crippen LogP contribution is -2.24. The van der Waals surface area contributed by atoms with Crippen LogP contribution in [0.4, 0.5) is 4.39 Å². The molecule has 1 heterocycles. The van der Waals surface area contributed by atoms with E-state index in [1.807, 2.05) is 0 Å². The van der Waals surface area contributed by atoms with E-state index >= 15 is 0 Å². The molecule has 0 aliphatic heterocycles. The standard InChI is InChI=1S/C10H9BrFN3O2S/c11-8-1-2-10(9(12)3-8)18(16,17)15-6-7-4-13-14-5-7/h1-5,15H,6H2,(H,13,14). The smallest absolute Gasteiger partial charge is 0.243 e. The van der Waals surface area contributed by atoms with Crippen molar-refractivity contribution in [3.05, 3.63) is 46.4 Å². The normalized spacial score (nSPS) is 11.7. The highest BCUT2D eigenvalue weighted by atomic mass is 79.9. The van der Waals surface area contributed by atoms with Crippen LogP contribution >= 0.6 is 15.9 Å². The summed E-state index contributed by atoms with van der Waals surface area (Å²) in [6.45, 7) is 0.0499. The molecule has 0 aliphatic rings. The fourth-order valence-electron chi connectivity index (χ4n) is 1.32. The fourth-order valence-corrected chi connectivity index (χ4v) is 2.73. The van der Waals surface area contributed by atoms with Gasteiger partial charge in [-0.1, -0.05) is 15.9 Å². The van der Waals surface area contributed by atoms with Crippen molar-refractivity contribution < 1.29 is 12.8 Å². The first kappa shape index (κ1) is 13.2. The van der Waals surface area contributed by atoms with Gasteiger partial charge in [-0.3, -0.25) is 5.10 Å². The maximum absolute atomic E-state index is 13.5. The summed E-state index contributed by atoms with van der Waals surface area (Å²) in [5.41, 5.74) is 0.663. The zero-order valence-corrected chi connectivity index (χ0v) is 11.4. The number of rotatable bonds is 4. The number of sulfonamides is 1. The van der Waals surface area contributed by atoms with Gasteiger partial charge in [0.25, 0.3) is 0 Å². The van der Waals surface area contributed by atoms with Crippen LogP contribution in [0.25, 0.3) is 0 Å². The molecule has 2 rings (SSSR count). The van der Waals surface area contributed by atoms with Crippen molar-refractivity contribution in [2.24, 2.45) is 0 Å². The Morgan fingerprint density at radius 3 is 2.83 bits per heavy atom. The molecule has 1 aromatic heterocycles. The van der Waals surface area contributed by atoms with Gasteiger partial charge in [0.1, 0.15) is 10.7 Å². The van der Waals surface area contributed by atoms with Crippen molar-refractivity contribution in [3.8, 4) is 0 Å². The maximum Gasteiger partial charge on any atom is 0.243 e. The van der Waals surface area contributed by atoms with Gasteiger partial charge in [0.05, 0.1) is 6.20 Å². The molecule has 8 heteroatoms. The molecule has 18 heavy (non-hydrogen) atoms. The van der Waals surface area contributed by atoms with Crippen molar-refractivity contribution in [1.82, 2.24) is 14.9 Å². The van der Waals surface area contributed by atoms with Crippen LogP contribution in [-0.2, 0) is 16.6 Å². The molecular formula is C10H9BrFN3O2S. The van der Waals surface area contributed by atoms with E-state index in [1.54, 1.807) is 6.20 Å². The Morgan fingerprint density at radius 2 is 2.22 bits per heavy atom. The Hall–Kier alpha value is -1.25. The predicted molar refractivity (Wildman–Crippen MR) is 66.7 cm³/mol. The lowest BCUT2D eigenvalue weighted by atomic mass is 10.3. The Bertz CT molecular complexity index is 643. The minimum Gasteiger partial charge on any atom is -0.285 e. The van der Waals surface area contributed by atoms with Crippen LogP contribution in [0.3, 0.4) is 0 Å². The van der Waals surface area contributed by atoms with Crippen molar-refractivity contribution in [1.29, 1.82) is 0 Å². The number of aromatic amines is 1. The third-order valence-corrected chi connectivity index (χ3v) is 4.13. The second kappa shape index (κ2) is 5.17. The molecular weight excluding hydrogens is 325 g/mol. The molecule has 0 saturated heterocycles. The Morgan fingerprint density at radius 1 is 1.44 bits per heavy atom. The molecule has 0 amide bonds. The molecule has 1 aromatic carbocycles. The first-order valence-electron chi connectivity index (χ1n) is 4.91. The van der Waals surface area contributed by atoms with Crippen LogP contribution in [0, 0.1) is 5.82 Å². The molecule has 2 N–H and O–H groups in total. The summed E-state index contributed by atoms with van der Waals surface area (Å²) < 4.78 is 40.0. The summed E-state index contributed by atoms with van der Waals surface area (Å²) in [7, 11) is -3.87. The van der Waals surface area contributed by atoms with Gasteiger partial charge in [-0.25, -0.2) is 17.5 Å². The van der Waals surface area contributed by atoms with Crippen molar-refractivity contribution in [2.75, 3.05) is 0 Å². The van der Waals surface area contributed by atoms with Crippen molar-refractivity contribution in [3.63, 3.8) is 0 Å². The topological polar surface area (TPSA) is 74.8 Å². The second-order valence-electron chi connectivity index (χ2n) is 3.51. The Balaban J connectivity index is 2.20. The van der Waals surface area contributed by atoms with Crippen LogP contribution in [0.1, 0.15) is 5.56 Å². The van der Waals surface area contributed by atoms with Crippen LogP contribution in [0.15, 0.2) is 40.0 Å². The van der Waals surface area contributed by atoms with Gasteiger partial charge in [-0.2, -0.15) is 5.10 Å². The highest BCUT2D eigenvalue weighted by molar-refractivity contribution is 9.10. The average molecular weight is 334 g/mol. The summed E-state index contributed by atoms with van der Waals surface area (Å²) in [6.07, 6.45) is 3.04. The molecule has 0 fully saturated rings. The minimum atomic E-state index is -3.87. The zero-order chi connectivity index (χ0) is 13.2. The summed E-state index contributed by atoms with van der Waals surface area (Å²) >= 11 is 3.07. The van der Waals surface area contributed by atoms with E-state index in [1.165, 1.54) is 18.3 Å². The number of halogens is 2. The first-order valence-corrected chi connectivity index (χ1v) is 7.19. The fraction of sp³-hybridized carbons (Fsp3) is 0.100. The number of hydrogen-bond donors (Lipinski definition) is 2. The molecule has 96 valence electrons. The molecule has 0 saturated carbocycles. The molecule has 0 radical (unpaired) electrons. The monoisotopic (exact) mass is 333 g/mol. The lowest BCUT2D eigenvalue weighted by Gasteiger charge is -2.06. The van der Waals surface area contributed by atoms with Crippen LogP contribution in [0.2, 0.25) is 0 Å². The number of benzene rings is 1. The SMILES string of the molecule is O=S(=O)(NCc1cn[nH]c1)c1ccc(Br)cc1F. The third-order valence-electron chi connectivity index (χ3n) is 2.20. The Kier molecular flexibility index (Phi) is 3.79. The summed E-state index contributed by atoms with van der Waals surface area (Å²) in [5, 5.41) is 6.24. The largest absolute Gasteiger partial charge is 0.285 e. The van der Waals surface area contributed by atoms with E-state index < -0.39 is 15.8 Å². The summed E-state index contributed by atoms with van der Waals surface area (Å²) in [4.78, 5) is -0.380. The molecule has 0 aliphatic carbocycles. The Labute approximate surface area is 112 Å². The number of nitrogens with zero attached hydrogens (tertiary/aromatic N) is 1. The molecule has 0 atom stereocenters. The van der Waals surface area contributed by atoms with Crippen LogP contribution in [-0.4, -0.2) is 18.6 Å². The lowest BCUT2D eigenvalue weighted by molar-refractivity contribution is 0.556. The van der Waals surface area contributed by atoms with Crippen molar-refractivity contribution >= 4 is 26.0 Å². The van der Waals surface area contributed by atoms with Gasteiger partial charge in [-0.05, 0) is 18.2 Å². The van der Waals surface area contributed by atoms with Gasteiger partial charge in [0.2, 0.25) is 10.0 Å². The van der Waals surface area contributed by atoms with Gasteiger partial charge in [-0.15, -0.1) is 0 Å². The van der Waals surface area contributed by atoms with E-state index in [0.29, 0.717) is 10.0 Å². The number of hydrogen-bond acceptors (Lipinski definition) is 3.